The van der Waals surface area contributed by atoms with Crippen LogP contribution in [0.5, 0.6) is 5.75 Å². The molecule has 1 rings (SSSR count). The minimum Gasteiger partial charge on any atom is -0.507 e. The smallest absolute Gasteiger partial charge is 0.339 e. The number of nitrogens with two attached hydrogens (primary N) is 1. The van der Waals surface area contributed by atoms with Gasteiger partial charge in [0, 0.05) is 11.6 Å². The lowest BCUT2D eigenvalue weighted by atomic mass is 9.97. The van der Waals surface area contributed by atoms with E-state index in [1.54, 1.807) is 13.0 Å². The second-order valence-corrected chi connectivity index (χ2v) is 3.95. The lowest BCUT2D eigenvalue weighted by Crippen LogP contribution is -2.12. The second kappa shape index (κ2) is 6.47. The number of carboxylic acids is 1. The summed E-state index contributed by atoms with van der Waals surface area (Å²) >= 11 is 0. The SMILES string of the molecule is CCC[C@@H](N)c1cc(C)cc(C(=O)O)c1O.Cl. The summed E-state index contributed by atoms with van der Waals surface area (Å²) in [4.78, 5) is 10.9. The van der Waals surface area contributed by atoms with Gasteiger partial charge in [0.2, 0.25) is 0 Å². The molecule has 0 bridgehead atoms. The first-order valence-corrected chi connectivity index (χ1v) is 5.29. The van der Waals surface area contributed by atoms with E-state index in [-0.39, 0.29) is 29.8 Å². The third-order valence-electron chi connectivity index (χ3n) is 2.51. The Morgan fingerprint density at radius 1 is 1.47 bits per heavy atom. The molecular formula is C12H18ClNO3. The molecule has 0 saturated carbocycles. The van der Waals surface area contributed by atoms with Crippen LogP contribution in [0.25, 0.3) is 0 Å². The average Bonchev–Trinajstić information content (AvgIpc) is 2.20. The molecule has 0 unspecified atom stereocenters. The fourth-order valence-electron chi connectivity index (χ4n) is 1.72. The van der Waals surface area contributed by atoms with Gasteiger partial charge in [0.05, 0.1) is 0 Å². The number of aromatic hydroxyl groups is 1. The van der Waals surface area contributed by atoms with Crippen molar-refractivity contribution in [2.75, 3.05) is 0 Å². The summed E-state index contributed by atoms with van der Waals surface area (Å²) in [6.07, 6.45) is 1.60. The van der Waals surface area contributed by atoms with Crippen molar-refractivity contribution < 1.29 is 15.0 Å². The van der Waals surface area contributed by atoms with Gasteiger partial charge in [-0.1, -0.05) is 19.4 Å². The van der Waals surface area contributed by atoms with E-state index in [4.69, 9.17) is 10.8 Å². The summed E-state index contributed by atoms with van der Waals surface area (Å²) in [7, 11) is 0. The van der Waals surface area contributed by atoms with Gasteiger partial charge in [0.1, 0.15) is 11.3 Å². The Bertz CT molecular complexity index is 407. The number of carboxylic acid groups (broad SMARTS) is 1. The Morgan fingerprint density at radius 2 is 2.06 bits per heavy atom. The molecule has 1 aromatic rings. The Labute approximate surface area is 107 Å². The van der Waals surface area contributed by atoms with Crippen molar-refractivity contribution in [2.45, 2.75) is 32.7 Å². The molecule has 4 nitrogen and oxygen atoms in total. The van der Waals surface area contributed by atoms with E-state index in [9.17, 15) is 9.90 Å². The molecular weight excluding hydrogens is 242 g/mol. The maximum atomic E-state index is 10.9. The minimum atomic E-state index is -1.13. The van der Waals surface area contributed by atoms with Crippen LogP contribution in [0.4, 0.5) is 0 Å². The number of aryl methyl sites for hydroxylation is 1. The zero-order valence-corrected chi connectivity index (χ0v) is 10.8. The fraction of sp³-hybridized carbons (Fsp3) is 0.417. The van der Waals surface area contributed by atoms with Crippen LogP contribution in [0.3, 0.4) is 0 Å². The highest BCUT2D eigenvalue weighted by Crippen LogP contribution is 2.30. The number of benzene rings is 1. The summed E-state index contributed by atoms with van der Waals surface area (Å²) < 4.78 is 0. The zero-order chi connectivity index (χ0) is 12.3. The maximum Gasteiger partial charge on any atom is 0.339 e. The minimum absolute atomic E-state index is 0. The molecule has 0 aromatic heterocycles. The first kappa shape index (κ1) is 15.7. The molecule has 17 heavy (non-hydrogen) atoms. The van der Waals surface area contributed by atoms with E-state index in [1.807, 2.05) is 6.92 Å². The van der Waals surface area contributed by atoms with E-state index < -0.39 is 5.97 Å². The predicted molar refractivity (Wildman–Crippen MR) is 68.9 cm³/mol. The Morgan fingerprint density at radius 3 is 2.53 bits per heavy atom. The van der Waals surface area contributed by atoms with Crippen LogP contribution in [0.2, 0.25) is 0 Å². The van der Waals surface area contributed by atoms with Crippen LogP contribution in [0.15, 0.2) is 12.1 Å². The quantitative estimate of drug-likeness (QED) is 0.776. The molecule has 0 amide bonds. The maximum absolute atomic E-state index is 10.9. The third kappa shape index (κ3) is 3.61. The number of hydrogen-bond donors (Lipinski definition) is 3. The molecule has 5 heteroatoms. The van der Waals surface area contributed by atoms with Crippen molar-refractivity contribution in [3.05, 3.63) is 28.8 Å². The van der Waals surface area contributed by atoms with E-state index in [2.05, 4.69) is 0 Å². The third-order valence-corrected chi connectivity index (χ3v) is 2.51. The van der Waals surface area contributed by atoms with E-state index >= 15 is 0 Å². The molecule has 0 aliphatic carbocycles. The molecule has 0 aliphatic heterocycles. The molecule has 0 saturated heterocycles. The lowest BCUT2D eigenvalue weighted by molar-refractivity contribution is 0.0693. The van der Waals surface area contributed by atoms with Gasteiger partial charge in [0.25, 0.3) is 0 Å². The molecule has 0 heterocycles. The highest BCUT2D eigenvalue weighted by molar-refractivity contribution is 5.91. The highest BCUT2D eigenvalue weighted by atomic mass is 35.5. The van der Waals surface area contributed by atoms with Crippen molar-refractivity contribution in [1.82, 2.24) is 0 Å². The number of halogens is 1. The van der Waals surface area contributed by atoms with Crippen LogP contribution in [-0.4, -0.2) is 16.2 Å². The van der Waals surface area contributed by atoms with E-state index in [0.717, 1.165) is 18.4 Å². The van der Waals surface area contributed by atoms with Gasteiger partial charge in [-0.05, 0) is 25.0 Å². The van der Waals surface area contributed by atoms with Gasteiger partial charge in [-0.15, -0.1) is 12.4 Å². The molecule has 1 aromatic carbocycles. The zero-order valence-electron chi connectivity index (χ0n) is 9.93. The first-order chi connectivity index (χ1) is 7.47. The van der Waals surface area contributed by atoms with Gasteiger partial charge in [-0.3, -0.25) is 0 Å². The molecule has 0 aliphatic rings. The van der Waals surface area contributed by atoms with Gasteiger partial charge in [-0.25, -0.2) is 4.79 Å². The second-order valence-electron chi connectivity index (χ2n) is 3.95. The predicted octanol–water partition coefficient (Wildman–Crippen LogP) is 2.62. The molecule has 96 valence electrons. The number of rotatable bonds is 4. The largest absolute Gasteiger partial charge is 0.507 e. The van der Waals surface area contributed by atoms with Gasteiger partial charge >= 0.3 is 5.97 Å². The number of aromatic carboxylic acids is 1. The Hall–Kier alpha value is -1.26. The molecule has 0 spiro atoms. The van der Waals surface area contributed by atoms with Crippen LogP contribution in [0, 0.1) is 6.92 Å². The van der Waals surface area contributed by atoms with Crippen molar-refractivity contribution >= 4 is 18.4 Å². The standard InChI is InChI=1S/C12H17NO3.ClH/c1-3-4-10(13)8-5-7(2)6-9(11(8)14)12(15)16;/h5-6,10,14H,3-4,13H2,1-2H3,(H,15,16);1H/t10-;/m1./s1. The van der Waals surface area contributed by atoms with Crippen LogP contribution < -0.4 is 5.73 Å². The monoisotopic (exact) mass is 259 g/mol. The molecule has 0 fully saturated rings. The van der Waals surface area contributed by atoms with Crippen molar-refractivity contribution in [3.63, 3.8) is 0 Å². The van der Waals surface area contributed by atoms with Gasteiger partial charge in [0.15, 0.2) is 0 Å². The van der Waals surface area contributed by atoms with Crippen LogP contribution >= 0.6 is 12.4 Å². The summed E-state index contributed by atoms with van der Waals surface area (Å²) in [6.45, 7) is 3.78. The van der Waals surface area contributed by atoms with Crippen LogP contribution in [0.1, 0.15) is 47.3 Å². The number of phenols is 1. The van der Waals surface area contributed by atoms with Gasteiger partial charge < -0.3 is 15.9 Å². The molecule has 4 N–H and O–H groups in total. The number of carbonyl (C=O) groups is 1. The summed E-state index contributed by atoms with van der Waals surface area (Å²) in [5.41, 5.74) is 7.11. The summed E-state index contributed by atoms with van der Waals surface area (Å²) in [6, 6.07) is 2.87. The number of hydrogen-bond acceptors (Lipinski definition) is 3. The van der Waals surface area contributed by atoms with Crippen molar-refractivity contribution in [1.29, 1.82) is 0 Å². The van der Waals surface area contributed by atoms with Crippen LogP contribution in [-0.2, 0) is 0 Å². The first-order valence-electron chi connectivity index (χ1n) is 5.29. The fourth-order valence-corrected chi connectivity index (χ4v) is 1.72. The van der Waals surface area contributed by atoms with Gasteiger partial charge in [-0.2, -0.15) is 0 Å². The highest BCUT2D eigenvalue weighted by Gasteiger charge is 2.18. The van der Waals surface area contributed by atoms with Crippen molar-refractivity contribution in [3.8, 4) is 5.75 Å². The van der Waals surface area contributed by atoms with E-state index in [1.165, 1.54) is 6.07 Å². The Balaban J connectivity index is 0.00000256. The Kier molecular flexibility index (Phi) is 5.99. The summed E-state index contributed by atoms with van der Waals surface area (Å²) in [5, 5.41) is 18.7. The lowest BCUT2D eigenvalue weighted by Gasteiger charge is -2.15. The van der Waals surface area contributed by atoms with Crippen molar-refractivity contribution in [2.24, 2.45) is 5.73 Å². The molecule has 1 atom stereocenters. The van der Waals surface area contributed by atoms with E-state index in [0.29, 0.717) is 5.56 Å². The molecule has 0 radical (unpaired) electrons. The topological polar surface area (TPSA) is 83.6 Å². The average molecular weight is 260 g/mol. The summed E-state index contributed by atoms with van der Waals surface area (Å²) in [5.74, 6) is -1.34. The normalized spacial score (nSPS) is 11.7.